The number of ether oxygens (including phenoxy) is 1. The minimum Gasteiger partial charge on any atom is -0.495 e. The zero-order valence-corrected chi connectivity index (χ0v) is 10.7. The van der Waals surface area contributed by atoms with Gasteiger partial charge in [0.25, 0.3) is 5.56 Å². The highest BCUT2D eigenvalue weighted by Gasteiger charge is 2.16. The SMILES string of the molecule is COc1ccc(-c2cc[nH]c(=O)c2C(=O)O)cc1Cl. The Balaban J connectivity index is 2.66. The monoisotopic (exact) mass is 279 g/mol. The van der Waals surface area contributed by atoms with E-state index in [2.05, 4.69) is 4.98 Å². The molecule has 2 N–H and O–H groups in total. The minimum absolute atomic E-state index is 0.306. The van der Waals surface area contributed by atoms with E-state index in [0.717, 1.165) is 0 Å². The first-order chi connectivity index (χ1) is 9.04. The fourth-order valence-electron chi connectivity index (χ4n) is 1.77. The predicted octanol–water partition coefficient (Wildman–Crippen LogP) is 2.40. The Kier molecular flexibility index (Phi) is 3.57. The quantitative estimate of drug-likeness (QED) is 0.904. The molecule has 19 heavy (non-hydrogen) atoms. The maximum Gasteiger partial charge on any atom is 0.341 e. The molecule has 2 aromatic rings. The Morgan fingerprint density at radius 3 is 2.68 bits per heavy atom. The summed E-state index contributed by atoms with van der Waals surface area (Å²) in [5.41, 5.74) is -0.129. The number of rotatable bonds is 3. The Morgan fingerprint density at radius 1 is 1.37 bits per heavy atom. The third-order valence-electron chi connectivity index (χ3n) is 2.64. The van der Waals surface area contributed by atoms with Crippen LogP contribution in [0.2, 0.25) is 5.02 Å². The summed E-state index contributed by atoms with van der Waals surface area (Å²) in [6, 6.07) is 6.33. The summed E-state index contributed by atoms with van der Waals surface area (Å²) in [5, 5.41) is 9.44. The van der Waals surface area contributed by atoms with Gasteiger partial charge in [-0.25, -0.2) is 4.79 Å². The van der Waals surface area contributed by atoms with Crippen molar-refractivity contribution in [3.63, 3.8) is 0 Å². The molecule has 1 aromatic carbocycles. The first kappa shape index (κ1) is 13.2. The van der Waals surface area contributed by atoms with Crippen LogP contribution in [-0.2, 0) is 0 Å². The summed E-state index contributed by atoms with van der Waals surface area (Å²) in [5.74, 6) is -0.809. The Morgan fingerprint density at radius 2 is 2.11 bits per heavy atom. The van der Waals surface area contributed by atoms with Crippen LogP contribution in [0.1, 0.15) is 10.4 Å². The van der Waals surface area contributed by atoms with Gasteiger partial charge in [-0.1, -0.05) is 17.7 Å². The van der Waals surface area contributed by atoms with Crippen molar-refractivity contribution in [2.45, 2.75) is 0 Å². The van der Waals surface area contributed by atoms with Crippen LogP contribution >= 0.6 is 11.6 Å². The van der Waals surface area contributed by atoms with Crippen molar-refractivity contribution < 1.29 is 14.6 Å². The smallest absolute Gasteiger partial charge is 0.341 e. The van der Waals surface area contributed by atoms with E-state index in [-0.39, 0.29) is 5.56 Å². The highest BCUT2D eigenvalue weighted by Crippen LogP contribution is 2.30. The maximum atomic E-state index is 11.6. The summed E-state index contributed by atoms with van der Waals surface area (Å²) >= 11 is 5.99. The van der Waals surface area contributed by atoms with Crippen molar-refractivity contribution in [2.24, 2.45) is 0 Å². The number of methoxy groups -OCH3 is 1. The van der Waals surface area contributed by atoms with Crippen LogP contribution in [0.3, 0.4) is 0 Å². The molecule has 0 fully saturated rings. The lowest BCUT2D eigenvalue weighted by molar-refractivity contribution is 0.0696. The van der Waals surface area contributed by atoms with Crippen LogP contribution in [0.15, 0.2) is 35.3 Å². The second-order valence-corrected chi connectivity index (χ2v) is 4.16. The second kappa shape index (κ2) is 5.16. The van der Waals surface area contributed by atoms with Gasteiger partial charge < -0.3 is 14.8 Å². The zero-order chi connectivity index (χ0) is 14.0. The first-order valence-electron chi connectivity index (χ1n) is 5.33. The van der Waals surface area contributed by atoms with Crippen molar-refractivity contribution in [3.05, 3.63) is 51.4 Å². The van der Waals surface area contributed by atoms with Crippen molar-refractivity contribution >= 4 is 17.6 Å². The lowest BCUT2D eigenvalue weighted by Crippen LogP contribution is -2.18. The van der Waals surface area contributed by atoms with Crippen LogP contribution < -0.4 is 10.3 Å². The van der Waals surface area contributed by atoms with Gasteiger partial charge >= 0.3 is 5.97 Å². The molecule has 0 aliphatic heterocycles. The Labute approximate surface area is 113 Å². The van der Waals surface area contributed by atoms with Gasteiger partial charge in [-0.05, 0) is 23.8 Å². The van der Waals surface area contributed by atoms with E-state index < -0.39 is 11.5 Å². The second-order valence-electron chi connectivity index (χ2n) is 3.75. The topological polar surface area (TPSA) is 79.4 Å². The van der Waals surface area contributed by atoms with Crippen LogP contribution in [0.25, 0.3) is 11.1 Å². The standard InChI is InChI=1S/C13H10ClNO4/c1-19-10-3-2-7(6-9(10)14)8-4-5-15-12(16)11(8)13(17)18/h2-6H,1H3,(H,15,16)(H,17,18). The maximum absolute atomic E-state index is 11.6. The van der Waals surface area contributed by atoms with E-state index in [9.17, 15) is 9.59 Å². The van der Waals surface area contributed by atoms with E-state index in [4.69, 9.17) is 21.4 Å². The highest BCUT2D eigenvalue weighted by molar-refractivity contribution is 6.32. The highest BCUT2D eigenvalue weighted by atomic mass is 35.5. The summed E-state index contributed by atoms with van der Waals surface area (Å²) < 4.78 is 5.02. The van der Waals surface area contributed by atoms with Gasteiger partial charge in [-0.15, -0.1) is 0 Å². The van der Waals surface area contributed by atoms with E-state index in [1.54, 1.807) is 18.2 Å². The van der Waals surface area contributed by atoms with Gasteiger partial charge in [-0.2, -0.15) is 0 Å². The molecular weight excluding hydrogens is 270 g/mol. The van der Waals surface area contributed by atoms with E-state index in [1.165, 1.54) is 19.4 Å². The zero-order valence-electron chi connectivity index (χ0n) is 9.94. The first-order valence-corrected chi connectivity index (χ1v) is 5.71. The molecule has 1 heterocycles. The number of aromatic nitrogens is 1. The molecule has 0 saturated carbocycles. The van der Waals surface area contributed by atoms with Gasteiger partial charge in [0.2, 0.25) is 0 Å². The van der Waals surface area contributed by atoms with Crippen molar-refractivity contribution in [2.75, 3.05) is 7.11 Å². The molecule has 0 bridgehead atoms. The van der Waals surface area contributed by atoms with Crippen LogP contribution in [0, 0.1) is 0 Å². The summed E-state index contributed by atoms with van der Waals surface area (Å²) in [7, 11) is 1.48. The van der Waals surface area contributed by atoms with E-state index in [1.807, 2.05) is 0 Å². The third-order valence-corrected chi connectivity index (χ3v) is 2.93. The van der Waals surface area contributed by atoms with E-state index >= 15 is 0 Å². The van der Waals surface area contributed by atoms with Gasteiger partial charge in [0.1, 0.15) is 11.3 Å². The van der Waals surface area contributed by atoms with Crippen LogP contribution in [0.5, 0.6) is 5.75 Å². The molecule has 0 atom stereocenters. The number of benzene rings is 1. The van der Waals surface area contributed by atoms with Gasteiger partial charge in [-0.3, -0.25) is 4.79 Å². The molecular formula is C13H10ClNO4. The lowest BCUT2D eigenvalue weighted by atomic mass is 10.0. The minimum atomic E-state index is -1.29. The number of hydrogen-bond acceptors (Lipinski definition) is 3. The molecule has 0 radical (unpaired) electrons. The normalized spacial score (nSPS) is 10.2. The summed E-state index contributed by atoms with van der Waals surface area (Å²) in [4.78, 5) is 25.0. The number of carboxylic acid groups (broad SMARTS) is 1. The van der Waals surface area contributed by atoms with Gasteiger partial charge in [0, 0.05) is 11.8 Å². The molecule has 5 nitrogen and oxygen atoms in total. The molecule has 0 amide bonds. The summed E-state index contributed by atoms with van der Waals surface area (Å²) in [6.07, 6.45) is 1.39. The molecule has 2 rings (SSSR count). The number of aromatic carboxylic acids is 1. The van der Waals surface area contributed by atoms with Crippen molar-refractivity contribution in [3.8, 4) is 16.9 Å². The number of hydrogen-bond donors (Lipinski definition) is 2. The lowest BCUT2D eigenvalue weighted by Gasteiger charge is -2.08. The fraction of sp³-hybridized carbons (Fsp3) is 0.0769. The number of nitrogens with one attached hydrogen (secondary N) is 1. The molecule has 0 saturated heterocycles. The third kappa shape index (κ3) is 2.46. The number of aromatic amines is 1. The molecule has 98 valence electrons. The van der Waals surface area contributed by atoms with Crippen LogP contribution in [0.4, 0.5) is 0 Å². The van der Waals surface area contributed by atoms with Crippen LogP contribution in [-0.4, -0.2) is 23.2 Å². The molecule has 0 unspecified atom stereocenters. The number of halogens is 1. The van der Waals surface area contributed by atoms with Gasteiger partial charge in [0.05, 0.1) is 12.1 Å². The number of pyridine rings is 1. The Hall–Kier alpha value is -2.27. The summed E-state index contributed by atoms with van der Waals surface area (Å²) in [6.45, 7) is 0. The Bertz CT molecular complexity index is 693. The number of carboxylic acids is 1. The molecule has 0 aliphatic carbocycles. The van der Waals surface area contributed by atoms with Crippen molar-refractivity contribution in [1.82, 2.24) is 4.98 Å². The average molecular weight is 280 g/mol. The van der Waals surface area contributed by atoms with E-state index in [0.29, 0.717) is 21.9 Å². The number of H-pyrrole nitrogens is 1. The molecule has 0 aliphatic rings. The van der Waals surface area contributed by atoms with Crippen molar-refractivity contribution in [1.29, 1.82) is 0 Å². The molecule has 1 aromatic heterocycles. The largest absolute Gasteiger partial charge is 0.495 e. The molecule has 0 spiro atoms. The van der Waals surface area contributed by atoms with Gasteiger partial charge in [0.15, 0.2) is 0 Å². The average Bonchev–Trinajstić information content (AvgIpc) is 2.37. The predicted molar refractivity (Wildman–Crippen MR) is 71.0 cm³/mol. The number of carbonyl (C=O) groups is 1. The molecule has 6 heteroatoms. The fourth-order valence-corrected chi connectivity index (χ4v) is 2.02.